The van der Waals surface area contributed by atoms with Crippen LogP contribution in [0.3, 0.4) is 0 Å². The summed E-state index contributed by atoms with van der Waals surface area (Å²) >= 11 is 0. The van der Waals surface area contributed by atoms with Gasteiger partial charge in [-0.05, 0) is 18.8 Å². The van der Waals surface area contributed by atoms with Crippen LogP contribution >= 0.6 is 0 Å². The fourth-order valence-corrected chi connectivity index (χ4v) is 2.04. The van der Waals surface area contributed by atoms with E-state index in [0.29, 0.717) is 5.92 Å². The first-order valence-electron chi connectivity index (χ1n) is 6.39. The zero-order valence-corrected chi connectivity index (χ0v) is 10.6. The molecule has 0 aliphatic heterocycles. The van der Waals surface area contributed by atoms with Crippen molar-refractivity contribution in [3.8, 4) is 0 Å². The number of nitrogens with two attached hydrogens (primary N) is 1. The summed E-state index contributed by atoms with van der Waals surface area (Å²) in [6.45, 7) is 9.06. The highest BCUT2D eigenvalue weighted by Crippen LogP contribution is 2.28. The summed E-state index contributed by atoms with van der Waals surface area (Å²) in [7, 11) is 0. The van der Waals surface area contributed by atoms with Gasteiger partial charge in [-0.3, -0.25) is 0 Å². The summed E-state index contributed by atoms with van der Waals surface area (Å²) in [5.74, 6) is 0.667. The Morgan fingerprint density at radius 3 is 1.71 bits per heavy atom. The van der Waals surface area contributed by atoms with Crippen molar-refractivity contribution in [2.75, 3.05) is 0 Å². The number of rotatable bonds is 8. The van der Waals surface area contributed by atoms with Gasteiger partial charge in [0.05, 0.1) is 0 Å². The van der Waals surface area contributed by atoms with Crippen LogP contribution in [-0.4, -0.2) is 5.54 Å². The van der Waals surface area contributed by atoms with Gasteiger partial charge in [-0.2, -0.15) is 0 Å². The minimum absolute atomic E-state index is 0.112. The van der Waals surface area contributed by atoms with Crippen molar-refractivity contribution in [3.05, 3.63) is 0 Å². The summed E-state index contributed by atoms with van der Waals surface area (Å²) in [4.78, 5) is 0. The average Bonchev–Trinajstić information content (AvgIpc) is 2.22. The van der Waals surface area contributed by atoms with Gasteiger partial charge in [-0.1, -0.05) is 59.8 Å². The van der Waals surface area contributed by atoms with Crippen molar-refractivity contribution in [3.63, 3.8) is 0 Å². The van der Waals surface area contributed by atoms with Gasteiger partial charge in [-0.25, -0.2) is 0 Å². The van der Waals surface area contributed by atoms with E-state index < -0.39 is 0 Å². The summed E-state index contributed by atoms with van der Waals surface area (Å²) in [5.41, 5.74) is 6.64. The molecule has 0 radical (unpaired) electrons. The summed E-state index contributed by atoms with van der Waals surface area (Å²) in [5, 5.41) is 0. The number of hydrogen-bond acceptors (Lipinski definition) is 1. The molecule has 0 aromatic heterocycles. The lowest BCUT2D eigenvalue weighted by atomic mass is 9.77. The molecule has 0 spiro atoms. The molecular formula is C13H29N. The van der Waals surface area contributed by atoms with Crippen molar-refractivity contribution in [2.45, 2.75) is 78.2 Å². The van der Waals surface area contributed by atoms with Crippen LogP contribution in [0.4, 0.5) is 0 Å². The third-order valence-electron chi connectivity index (χ3n) is 3.59. The molecule has 2 N–H and O–H groups in total. The molecule has 0 heterocycles. The Balaban J connectivity index is 4.16. The highest BCUT2D eigenvalue weighted by Gasteiger charge is 2.28. The molecule has 0 bridgehead atoms. The van der Waals surface area contributed by atoms with Gasteiger partial charge >= 0.3 is 0 Å². The minimum atomic E-state index is 0.112. The van der Waals surface area contributed by atoms with Crippen LogP contribution in [0.2, 0.25) is 0 Å². The van der Waals surface area contributed by atoms with E-state index in [1.54, 1.807) is 0 Å². The molecular weight excluding hydrogens is 170 g/mol. The predicted octanol–water partition coefficient (Wildman–Crippen LogP) is 4.11. The van der Waals surface area contributed by atoms with Crippen molar-refractivity contribution in [1.82, 2.24) is 0 Å². The Bertz CT molecular complexity index is 123. The molecule has 86 valence electrons. The Morgan fingerprint density at radius 2 is 1.43 bits per heavy atom. The molecule has 0 aliphatic rings. The lowest BCUT2D eigenvalue weighted by Crippen LogP contribution is -2.45. The second kappa shape index (κ2) is 7.28. The standard InChI is InChI=1S/C13H29N/c1-5-8-10-13(14,11-9-6-2)12(4)7-3/h12H,5-11,14H2,1-4H3. The second-order valence-electron chi connectivity index (χ2n) is 4.75. The zero-order valence-electron chi connectivity index (χ0n) is 10.6. The third kappa shape index (κ3) is 4.45. The van der Waals surface area contributed by atoms with Crippen molar-refractivity contribution >= 4 is 0 Å². The van der Waals surface area contributed by atoms with Gasteiger partial charge in [-0.15, -0.1) is 0 Å². The lowest BCUT2D eigenvalue weighted by Gasteiger charge is -2.35. The molecule has 0 saturated heterocycles. The predicted molar refractivity (Wildman–Crippen MR) is 65.4 cm³/mol. The maximum Gasteiger partial charge on any atom is 0.0180 e. The van der Waals surface area contributed by atoms with Gasteiger partial charge in [0, 0.05) is 5.54 Å². The quantitative estimate of drug-likeness (QED) is 0.625. The molecule has 14 heavy (non-hydrogen) atoms. The fraction of sp³-hybridized carbons (Fsp3) is 1.00. The molecule has 1 nitrogen and oxygen atoms in total. The van der Waals surface area contributed by atoms with E-state index in [0.717, 1.165) is 0 Å². The molecule has 1 atom stereocenters. The van der Waals surface area contributed by atoms with Crippen LogP contribution in [0.1, 0.15) is 72.6 Å². The van der Waals surface area contributed by atoms with Crippen molar-refractivity contribution < 1.29 is 0 Å². The molecule has 1 heteroatoms. The maximum absolute atomic E-state index is 6.52. The molecule has 0 fully saturated rings. The van der Waals surface area contributed by atoms with Gasteiger partial charge in [0.2, 0.25) is 0 Å². The topological polar surface area (TPSA) is 26.0 Å². The monoisotopic (exact) mass is 199 g/mol. The van der Waals surface area contributed by atoms with E-state index >= 15 is 0 Å². The van der Waals surface area contributed by atoms with E-state index in [4.69, 9.17) is 5.73 Å². The number of hydrogen-bond donors (Lipinski definition) is 1. The third-order valence-corrected chi connectivity index (χ3v) is 3.59. The zero-order chi connectivity index (χ0) is 11.0. The van der Waals surface area contributed by atoms with Crippen LogP contribution in [0.5, 0.6) is 0 Å². The second-order valence-corrected chi connectivity index (χ2v) is 4.75. The first kappa shape index (κ1) is 14.0. The molecule has 0 rings (SSSR count). The highest BCUT2D eigenvalue weighted by atomic mass is 14.7. The summed E-state index contributed by atoms with van der Waals surface area (Å²) < 4.78 is 0. The summed E-state index contributed by atoms with van der Waals surface area (Å²) in [6.07, 6.45) is 8.72. The normalized spacial score (nSPS) is 14.4. The Morgan fingerprint density at radius 1 is 1.00 bits per heavy atom. The van der Waals surface area contributed by atoms with Gasteiger partial charge in [0.1, 0.15) is 0 Å². The SMILES string of the molecule is CCCCC(N)(CCCC)C(C)CC. The van der Waals surface area contributed by atoms with Crippen molar-refractivity contribution in [1.29, 1.82) is 0 Å². The molecule has 0 aromatic carbocycles. The van der Waals surface area contributed by atoms with E-state index in [9.17, 15) is 0 Å². The minimum Gasteiger partial charge on any atom is -0.325 e. The van der Waals surface area contributed by atoms with Crippen LogP contribution in [-0.2, 0) is 0 Å². The van der Waals surface area contributed by atoms with Crippen LogP contribution in [0, 0.1) is 5.92 Å². The van der Waals surface area contributed by atoms with E-state index in [1.807, 2.05) is 0 Å². The largest absolute Gasteiger partial charge is 0.325 e. The van der Waals surface area contributed by atoms with Gasteiger partial charge in [0.25, 0.3) is 0 Å². The highest BCUT2D eigenvalue weighted by molar-refractivity contribution is 4.88. The van der Waals surface area contributed by atoms with Crippen molar-refractivity contribution in [2.24, 2.45) is 11.7 Å². The van der Waals surface area contributed by atoms with E-state index in [-0.39, 0.29) is 5.54 Å². The molecule has 0 aliphatic carbocycles. The molecule has 1 unspecified atom stereocenters. The van der Waals surface area contributed by atoms with Gasteiger partial charge < -0.3 is 5.73 Å². The summed E-state index contributed by atoms with van der Waals surface area (Å²) in [6, 6.07) is 0. The first-order chi connectivity index (χ1) is 6.60. The fourth-order valence-electron chi connectivity index (χ4n) is 2.04. The Labute approximate surface area is 90.5 Å². The van der Waals surface area contributed by atoms with E-state index in [1.165, 1.54) is 44.9 Å². The lowest BCUT2D eigenvalue weighted by molar-refractivity contribution is 0.233. The Hall–Kier alpha value is -0.0400. The van der Waals surface area contributed by atoms with E-state index in [2.05, 4.69) is 27.7 Å². The first-order valence-corrected chi connectivity index (χ1v) is 6.39. The maximum atomic E-state index is 6.52. The smallest absolute Gasteiger partial charge is 0.0180 e. The van der Waals surface area contributed by atoms with Crippen LogP contribution < -0.4 is 5.73 Å². The molecule has 0 aromatic rings. The average molecular weight is 199 g/mol. The molecule has 0 amide bonds. The van der Waals surface area contributed by atoms with Gasteiger partial charge in [0.15, 0.2) is 0 Å². The van der Waals surface area contributed by atoms with Crippen LogP contribution in [0.15, 0.2) is 0 Å². The number of unbranched alkanes of at least 4 members (excludes halogenated alkanes) is 2. The van der Waals surface area contributed by atoms with Crippen LogP contribution in [0.25, 0.3) is 0 Å². The molecule has 0 saturated carbocycles. The Kier molecular flexibility index (Phi) is 7.26.